The van der Waals surface area contributed by atoms with Gasteiger partial charge in [0.1, 0.15) is 5.76 Å². The number of carbonyl (C=O) groups excluding carboxylic acids is 1. The molecule has 17 heavy (non-hydrogen) atoms. The van der Waals surface area contributed by atoms with Crippen LogP contribution in [-0.4, -0.2) is 26.5 Å². The molecule has 0 aliphatic carbocycles. The molecular weight excluding hydrogens is 220 g/mol. The minimum absolute atomic E-state index is 0.521. The first kappa shape index (κ1) is 12.8. The number of allylic oxidation sites excluding steroid dienone is 1. The minimum Gasteiger partial charge on any atom is -0.495 e. The van der Waals surface area contributed by atoms with E-state index in [1.54, 1.807) is 6.08 Å². The van der Waals surface area contributed by atoms with E-state index in [2.05, 4.69) is 15.3 Å². The van der Waals surface area contributed by atoms with Crippen molar-refractivity contribution in [3.05, 3.63) is 41.7 Å². The highest BCUT2D eigenvalue weighted by Gasteiger charge is 1.95. The number of hydrogen-bond donors (Lipinski definition) is 1. The van der Waals surface area contributed by atoms with Crippen LogP contribution in [-0.2, 0) is 9.47 Å². The van der Waals surface area contributed by atoms with Crippen molar-refractivity contribution in [1.82, 2.24) is 5.43 Å². The van der Waals surface area contributed by atoms with E-state index >= 15 is 0 Å². The quantitative estimate of drug-likeness (QED) is 0.492. The predicted octanol–water partition coefficient (Wildman–Crippen LogP) is 2.02. The van der Waals surface area contributed by atoms with Crippen LogP contribution in [0.5, 0.6) is 0 Å². The molecule has 0 saturated carbocycles. The highest BCUT2D eigenvalue weighted by molar-refractivity contribution is 5.83. The van der Waals surface area contributed by atoms with E-state index in [-0.39, 0.29) is 0 Å². The lowest BCUT2D eigenvalue weighted by molar-refractivity contribution is 0.171. The van der Waals surface area contributed by atoms with E-state index in [9.17, 15) is 4.79 Å². The smallest absolute Gasteiger partial charge is 0.427 e. The van der Waals surface area contributed by atoms with Crippen LogP contribution >= 0.6 is 0 Å². The van der Waals surface area contributed by atoms with Crippen LogP contribution in [0.15, 0.2) is 41.2 Å². The third-order valence-corrected chi connectivity index (χ3v) is 1.88. The number of hydrazone groups is 1. The molecule has 1 N–H and O–H groups in total. The molecule has 0 unspecified atom stereocenters. The van der Waals surface area contributed by atoms with Crippen molar-refractivity contribution in [3.63, 3.8) is 0 Å². The molecule has 0 aliphatic heterocycles. The predicted molar refractivity (Wildman–Crippen MR) is 65.5 cm³/mol. The maximum atomic E-state index is 10.7. The molecule has 0 aromatic heterocycles. The van der Waals surface area contributed by atoms with Gasteiger partial charge in [-0.3, -0.25) is 0 Å². The monoisotopic (exact) mass is 234 g/mol. The molecule has 0 atom stereocenters. The largest absolute Gasteiger partial charge is 0.495 e. The number of hydrogen-bond acceptors (Lipinski definition) is 4. The number of nitrogens with one attached hydrogen (secondary N) is 1. The van der Waals surface area contributed by atoms with Crippen LogP contribution in [0.3, 0.4) is 0 Å². The van der Waals surface area contributed by atoms with Crippen LogP contribution in [0.2, 0.25) is 0 Å². The zero-order valence-electron chi connectivity index (χ0n) is 9.71. The average molecular weight is 234 g/mol. The highest BCUT2D eigenvalue weighted by Crippen LogP contribution is 2.05. The van der Waals surface area contributed by atoms with Gasteiger partial charge >= 0.3 is 6.09 Å². The summed E-state index contributed by atoms with van der Waals surface area (Å²) in [6.45, 7) is 0. The van der Waals surface area contributed by atoms with Gasteiger partial charge in [-0.2, -0.15) is 5.10 Å². The average Bonchev–Trinajstić information content (AvgIpc) is 2.38. The minimum atomic E-state index is -0.628. The Labute approximate surface area is 99.7 Å². The molecule has 5 nitrogen and oxygen atoms in total. The molecule has 5 heteroatoms. The van der Waals surface area contributed by atoms with Gasteiger partial charge < -0.3 is 9.47 Å². The molecule has 0 heterocycles. The number of carbonyl (C=O) groups is 1. The summed E-state index contributed by atoms with van der Waals surface area (Å²) in [5, 5.41) is 3.67. The zero-order valence-corrected chi connectivity index (χ0v) is 9.71. The van der Waals surface area contributed by atoms with Crippen LogP contribution in [0.4, 0.5) is 4.79 Å². The third kappa shape index (κ3) is 4.83. The first-order valence-corrected chi connectivity index (χ1v) is 4.94. The van der Waals surface area contributed by atoms with E-state index < -0.39 is 6.09 Å². The van der Waals surface area contributed by atoms with Crippen molar-refractivity contribution in [1.29, 1.82) is 0 Å². The van der Waals surface area contributed by atoms with E-state index in [4.69, 9.17) is 4.74 Å². The number of benzene rings is 1. The molecule has 1 aromatic carbocycles. The lowest BCUT2D eigenvalue weighted by Gasteiger charge is -2.00. The second-order valence-electron chi connectivity index (χ2n) is 3.02. The van der Waals surface area contributed by atoms with Crippen LogP contribution < -0.4 is 5.43 Å². The van der Waals surface area contributed by atoms with Crippen molar-refractivity contribution >= 4 is 18.4 Å². The molecule has 0 bridgehead atoms. The topological polar surface area (TPSA) is 59.9 Å². The Kier molecular flexibility index (Phi) is 5.30. The normalized spacial score (nSPS) is 11.3. The standard InChI is InChI=1S/C12H14N2O3/c1-16-11(9-13-14-12(15)17-2)8-10-6-4-3-5-7-10/h3-9H,1-2H3,(H,14,15)/b11-8-,13-9+. The zero-order chi connectivity index (χ0) is 12.5. The molecule has 0 aliphatic rings. The van der Waals surface area contributed by atoms with Gasteiger partial charge in [0.25, 0.3) is 0 Å². The fourth-order valence-corrected chi connectivity index (χ4v) is 1.06. The van der Waals surface area contributed by atoms with Gasteiger partial charge in [-0.05, 0) is 11.6 Å². The molecule has 1 aromatic rings. The molecule has 0 saturated heterocycles. The van der Waals surface area contributed by atoms with Gasteiger partial charge in [-0.25, -0.2) is 10.2 Å². The van der Waals surface area contributed by atoms with Crippen LogP contribution in [0.25, 0.3) is 6.08 Å². The fourth-order valence-electron chi connectivity index (χ4n) is 1.06. The van der Waals surface area contributed by atoms with Crippen molar-refractivity contribution in [2.45, 2.75) is 0 Å². The van der Waals surface area contributed by atoms with Gasteiger partial charge in [-0.1, -0.05) is 30.3 Å². The molecular formula is C12H14N2O3. The van der Waals surface area contributed by atoms with Crippen molar-refractivity contribution < 1.29 is 14.3 Å². The number of methoxy groups -OCH3 is 2. The number of ether oxygens (including phenoxy) is 2. The van der Waals surface area contributed by atoms with Gasteiger partial charge in [0.05, 0.1) is 20.4 Å². The van der Waals surface area contributed by atoms with Crippen molar-refractivity contribution in [2.24, 2.45) is 5.10 Å². The van der Waals surface area contributed by atoms with E-state index in [0.29, 0.717) is 5.76 Å². The van der Waals surface area contributed by atoms with Crippen molar-refractivity contribution in [2.75, 3.05) is 14.2 Å². The van der Waals surface area contributed by atoms with Gasteiger partial charge in [0.2, 0.25) is 0 Å². The van der Waals surface area contributed by atoms with Crippen LogP contribution in [0.1, 0.15) is 5.56 Å². The molecule has 0 fully saturated rings. The molecule has 1 amide bonds. The molecule has 0 radical (unpaired) electrons. The Bertz CT molecular complexity index is 413. The Hall–Kier alpha value is -2.30. The van der Waals surface area contributed by atoms with Crippen LogP contribution in [0, 0.1) is 0 Å². The Balaban J connectivity index is 2.66. The third-order valence-electron chi connectivity index (χ3n) is 1.88. The first-order chi connectivity index (χ1) is 8.26. The lowest BCUT2D eigenvalue weighted by Crippen LogP contribution is -2.16. The maximum Gasteiger partial charge on any atom is 0.427 e. The summed E-state index contributed by atoms with van der Waals surface area (Å²) in [5.41, 5.74) is 3.15. The summed E-state index contributed by atoms with van der Waals surface area (Å²) >= 11 is 0. The SMILES string of the molecule is COC(=O)N/N=C/C(=C/c1ccccc1)OC. The highest BCUT2D eigenvalue weighted by atomic mass is 16.5. The number of rotatable bonds is 4. The summed E-state index contributed by atoms with van der Waals surface area (Å²) in [5.74, 6) is 0.521. The summed E-state index contributed by atoms with van der Waals surface area (Å²) in [6, 6.07) is 9.63. The van der Waals surface area contributed by atoms with E-state index in [1.807, 2.05) is 30.3 Å². The second kappa shape index (κ2) is 7.05. The first-order valence-electron chi connectivity index (χ1n) is 4.94. The maximum absolute atomic E-state index is 10.7. The molecule has 1 rings (SSSR count). The van der Waals surface area contributed by atoms with Gasteiger partial charge in [-0.15, -0.1) is 0 Å². The summed E-state index contributed by atoms with van der Waals surface area (Å²) in [7, 11) is 2.79. The molecule has 0 spiro atoms. The molecule has 90 valence electrons. The second-order valence-corrected chi connectivity index (χ2v) is 3.02. The van der Waals surface area contributed by atoms with Crippen molar-refractivity contribution in [3.8, 4) is 0 Å². The number of nitrogens with zero attached hydrogens (tertiary/aromatic N) is 1. The fraction of sp³-hybridized carbons (Fsp3) is 0.167. The van der Waals surface area contributed by atoms with Gasteiger partial charge in [0, 0.05) is 0 Å². The van der Waals surface area contributed by atoms with Gasteiger partial charge in [0.15, 0.2) is 0 Å². The van der Waals surface area contributed by atoms with E-state index in [0.717, 1.165) is 5.56 Å². The summed E-state index contributed by atoms with van der Waals surface area (Å²) in [6.07, 6.45) is 2.56. The number of amides is 1. The lowest BCUT2D eigenvalue weighted by atomic mass is 10.2. The van der Waals surface area contributed by atoms with E-state index in [1.165, 1.54) is 20.4 Å². The summed E-state index contributed by atoms with van der Waals surface area (Å²) < 4.78 is 9.45. The Morgan fingerprint density at radius 3 is 2.53 bits per heavy atom. The summed E-state index contributed by atoms with van der Waals surface area (Å²) in [4.78, 5) is 10.7. The Morgan fingerprint density at radius 2 is 1.94 bits per heavy atom. The Morgan fingerprint density at radius 1 is 1.24 bits per heavy atom.